The molecule has 1 aliphatic heterocycles. The van der Waals surface area contributed by atoms with Crippen molar-refractivity contribution in [3.63, 3.8) is 0 Å². The van der Waals surface area contributed by atoms with Crippen LogP contribution in [0.5, 0.6) is 0 Å². The van der Waals surface area contributed by atoms with Crippen LogP contribution < -0.4 is 10.2 Å². The fourth-order valence-corrected chi connectivity index (χ4v) is 2.85. The van der Waals surface area contributed by atoms with Crippen LogP contribution >= 0.6 is 0 Å². The lowest BCUT2D eigenvalue weighted by Crippen LogP contribution is -2.28. The zero-order valence-corrected chi connectivity index (χ0v) is 14.5. The van der Waals surface area contributed by atoms with Gasteiger partial charge in [-0.1, -0.05) is 0 Å². The highest BCUT2D eigenvalue weighted by Gasteiger charge is 2.21. The second kappa shape index (κ2) is 8.58. The van der Waals surface area contributed by atoms with Gasteiger partial charge in [0.2, 0.25) is 5.91 Å². The van der Waals surface area contributed by atoms with Crippen LogP contribution in [0.15, 0.2) is 42.9 Å². The lowest BCUT2D eigenvalue weighted by Gasteiger charge is -2.21. The van der Waals surface area contributed by atoms with Gasteiger partial charge in [-0.25, -0.2) is 4.98 Å². The van der Waals surface area contributed by atoms with E-state index in [2.05, 4.69) is 20.2 Å². The Hall–Kier alpha value is -2.47. The number of hydrogen-bond acceptors (Lipinski definition) is 5. The Balaban J connectivity index is 1.51. The summed E-state index contributed by atoms with van der Waals surface area (Å²) in [6.45, 7) is 2.19. The number of rotatable bonds is 6. The van der Waals surface area contributed by atoms with E-state index in [4.69, 9.17) is 4.74 Å². The molecule has 1 fully saturated rings. The molecule has 1 aliphatic rings. The van der Waals surface area contributed by atoms with Gasteiger partial charge in [-0.15, -0.1) is 0 Å². The number of aromatic nitrogens is 2. The maximum Gasteiger partial charge on any atom is 0.227 e. The summed E-state index contributed by atoms with van der Waals surface area (Å²) in [5, 5.41) is 2.95. The van der Waals surface area contributed by atoms with Gasteiger partial charge in [-0.05, 0) is 49.1 Å². The summed E-state index contributed by atoms with van der Waals surface area (Å²) in [6.07, 6.45) is 7.84. The van der Waals surface area contributed by atoms with Crippen molar-refractivity contribution in [2.75, 3.05) is 37.0 Å². The van der Waals surface area contributed by atoms with Crippen molar-refractivity contribution >= 4 is 17.4 Å². The third-order valence-corrected chi connectivity index (χ3v) is 4.48. The van der Waals surface area contributed by atoms with Crippen molar-refractivity contribution < 1.29 is 9.53 Å². The molecule has 3 heterocycles. The van der Waals surface area contributed by atoms with Gasteiger partial charge in [0.15, 0.2) is 0 Å². The molecule has 0 unspecified atom stereocenters. The normalized spacial score (nSPS) is 14.9. The van der Waals surface area contributed by atoms with Gasteiger partial charge in [-0.3, -0.25) is 9.78 Å². The quantitative estimate of drug-likeness (QED) is 0.875. The number of nitrogens with one attached hydrogen (secondary N) is 1. The Morgan fingerprint density at radius 3 is 2.68 bits per heavy atom. The molecule has 1 saturated heterocycles. The Labute approximate surface area is 148 Å². The zero-order valence-electron chi connectivity index (χ0n) is 14.5. The number of carbonyl (C=O) groups is 1. The summed E-state index contributed by atoms with van der Waals surface area (Å²) in [7, 11) is 2.02. The van der Waals surface area contributed by atoms with Gasteiger partial charge in [-0.2, -0.15) is 0 Å². The predicted octanol–water partition coefficient (Wildman–Crippen LogP) is 2.52. The Morgan fingerprint density at radius 2 is 2.00 bits per heavy atom. The van der Waals surface area contributed by atoms with Crippen molar-refractivity contribution in [3.05, 3.63) is 48.4 Å². The third kappa shape index (κ3) is 5.00. The fraction of sp³-hybridized carbons (Fsp3) is 0.421. The number of amides is 1. The van der Waals surface area contributed by atoms with E-state index in [0.717, 1.165) is 37.3 Å². The van der Waals surface area contributed by atoms with Crippen molar-refractivity contribution in [2.45, 2.75) is 19.3 Å². The summed E-state index contributed by atoms with van der Waals surface area (Å²) in [5.41, 5.74) is 1.99. The number of hydrogen-bond donors (Lipinski definition) is 1. The predicted molar refractivity (Wildman–Crippen MR) is 97.6 cm³/mol. The molecule has 3 rings (SSSR count). The van der Waals surface area contributed by atoms with Gasteiger partial charge in [0.1, 0.15) is 5.82 Å². The molecule has 6 nitrogen and oxygen atoms in total. The molecule has 1 N–H and O–H groups in total. The van der Waals surface area contributed by atoms with Crippen molar-refractivity contribution in [1.29, 1.82) is 0 Å². The van der Waals surface area contributed by atoms with Crippen LogP contribution in [0.1, 0.15) is 18.4 Å². The highest BCUT2D eigenvalue weighted by atomic mass is 16.5. The molecule has 0 aromatic carbocycles. The average Bonchev–Trinajstić information content (AvgIpc) is 2.68. The van der Waals surface area contributed by atoms with E-state index in [9.17, 15) is 4.79 Å². The SMILES string of the molecule is CN(CCc1ccncc1)c1ccc(NC(=O)C2CCOCC2)cn1. The summed E-state index contributed by atoms with van der Waals surface area (Å²) < 4.78 is 5.30. The summed E-state index contributed by atoms with van der Waals surface area (Å²) in [5.74, 6) is 0.985. The first-order chi connectivity index (χ1) is 12.2. The highest BCUT2D eigenvalue weighted by Crippen LogP contribution is 2.18. The van der Waals surface area contributed by atoms with E-state index in [1.165, 1.54) is 5.56 Å². The molecular weight excluding hydrogens is 316 g/mol. The van der Waals surface area contributed by atoms with Gasteiger partial charge in [0.05, 0.1) is 11.9 Å². The molecule has 1 amide bonds. The molecule has 0 radical (unpaired) electrons. The van der Waals surface area contributed by atoms with E-state index in [1.54, 1.807) is 6.20 Å². The number of nitrogens with zero attached hydrogens (tertiary/aromatic N) is 3. The van der Waals surface area contributed by atoms with E-state index in [1.807, 2.05) is 43.7 Å². The second-order valence-electron chi connectivity index (χ2n) is 6.31. The van der Waals surface area contributed by atoms with Crippen molar-refractivity contribution in [3.8, 4) is 0 Å². The summed E-state index contributed by atoms with van der Waals surface area (Å²) in [6, 6.07) is 7.89. The van der Waals surface area contributed by atoms with Crippen LogP contribution in [0.25, 0.3) is 0 Å². The third-order valence-electron chi connectivity index (χ3n) is 4.48. The van der Waals surface area contributed by atoms with Crippen LogP contribution in [0, 0.1) is 5.92 Å². The van der Waals surface area contributed by atoms with Gasteiger partial charge in [0, 0.05) is 45.1 Å². The minimum atomic E-state index is 0.0384. The molecule has 6 heteroatoms. The second-order valence-corrected chi connectivity index (χ2v) is 6.31. The molecule has 2 aromatic heterocycles. The number of ether oxygens (including phenoxy) is 1. The average molecular weight is 340 g/mol. The first-order valence-electron chi connectivity index (χ1n) is 8.67. The fourth-order valence-electron chi connectivity index (χ4n) is 2.85. The number of likely N-dealkylation sites (N-methyl/N-ethyl adjacent to an activating group) is 1. The number of pyridine rings is 2. The number of anilines is 2. The van der Waals surface area contributed by atoms with E-state index in [0.29, 0.717) is 13.2 Å². The van der Waals surface area contributed by atoms with Gasteiger partial charge >= 0.3 is 0 Å². The minimum absolute atomic E-state index is 0.0384. The van der Waals surface area contributed by atoms with Crippen molar-refractivity contribution in [1.82, 2.24) is 9.97 Å². The van der Waals surface area contributed by atoms with Crippen LogP contribution in [0.2, 0.25) is 0 Å². The van der Waals surface area contributed by atoms with E-state index in [-0.39, 0.29) is 11.8 Å². The molecule has 2 aromatic rings. The zero-order chi connectivity index (χ0) is 17.5. The van der Waals surface area contributed by atoms with Gasteiger partial charge < -0.3 is 15.0 Å². The molecule has 0 bridgehead atoms. The molecule has 132 valence electrons. The Bertz CT molecular complexity index is 670. The molecular formula is C19H24N4O2. The summed E-state index contributed by atoms with van der Waals surface area (Å²) in [4.78, 5) is 22.8. The van der Waals surface area contributed by atoms with E-state index < -0.39 is 0 Å². The lowest BCUT2D eigenvalue weighted by atomic mass is 9.99. The minimum Gasteiger partial charge on any atom is -0.381 e. The molecule has 0 aliphatic carbocycles. The molecule has 0 saturated carbocycles. The topological polar surface area (TPSA) is 67.4 Å². The van der Waals surface area contributed by atoms with E-state index >= 15 is 0 Å². The van der Waals surface area contributed by atoms with Crippen molar-refractivity contribution in [2.24, 2.45) is 5.92 Å². The first-order valence-corrected chi connectivity index (χ1v) is 8.67. The lowest BCUT2D eigenvalue weighted by molar-refractivity contribution is -0.122. The highest BCUT2D eigenvalue weighted by molar-refractivity contribution is 5.92. The first kappa shape index (κ1) is 17.4. The molecule has 0 spiro atoms. The van der Waals surface area contributed by atoms with Crippen LogP contribution in [0.3, 0.4) is 0 Å². The molecule has 0 atom stereocenters. The van der Waals surface area contributed by atoms with Crippen LogP contribution in [-0.2, 0) is 16.0 Å². The molecule has 25 heavy (non-hydrogen) atoms. The maximum absolute atomic E-state index is 12.2. The van der Waals surface area contributed by atoms with Crippen LogP contribution in [0.4, 0.5) is 11.5 Å². The van der Waals surface area contributed by atoms with Gasteiger partial charge in [0.25, 0.3) is 0 Å². The Kier molecular flexibility index (Phi) is 5.95. The monoisotopic (exact) mass is 340 g/mol. The summed E-state index contributed by atoms with van der Waals surface area (Å²) >= 11 is 0. The largest absolute Gasteiger partial charge is 0.381 e. The smallest absolute Gasteiger partial charge is 0.227 e. The number of carbonyl (C=O) groups excluding carboxylic acids is 1. The maximum atomic E-state index is 12.2. The Morgan fingerprint density at radius 1 is 1.24 bits per heavy atom. The standard InChI is InChI=1S/C19H24N4O2/c1-23(11-6-15-4-9-20-10-5-15)18-3-2-17(14-21-18)22-19(24)16-7-12-25-13-8-16/h2-5,9-10,14,16H,6-8,11-13H2,1H3,(H,22,24). The van der Waals surface area contributed by atoms with Crippen LogP contribution in [-0.4, -0.2) is 42.7 Å².